The van der Waals surface area contributed by atoms with Crippen molar-refractivity contribution < 1.29 is 14.7 Å². The van der Waals surface area contributed by atoms with Gasteiger partial charge >= 0.3 is 5.97 Å². The van der Waals surface area contributed by atoms with E-state index in [1.807, 2.05) is 49.4 Å². The van der Waals surface area contributed by atoms with Crippen LogP contribution in [0.5, 0.6) is 0 Å². The van der Waals surface area contributed by atoms with E-state index in [9.17, 15) is 14.4 Å². The minimum absolute atomic E-state index is 0.0484. The maximum Gasteiger partial charge on any atom is 0.303 e. The molecule has 0 radical (unpaired) electrons. The van der Waals surface area contributed by atoms with Crippen molar-refractivity contribution in [3.05, 3.63) is 76.3 Å². The molecular weight excluding hydrogens is 370 g/mol. The summed E-state index contributed by atoms with van der Waals surface area (Å²) in [6.07, 6.45) is 1.80. The van der Waals surface area contributed by atoms with Crippen LogP contribution in [-0.4, -0.2) is 26.5 Å². The van der Waals surface area contributed by atoms with Gasteiger partial charge in [0.2, 0.25) is 5.91 Å². The predicted octanol–water partition coefficient (Wildman–Crippen LogP) is 2.82. The first kappa shape index (κ1) is 20.3. The van der Waals surface area contributed by atoms with Crippen LogP contribution in [0.15, 0.2) is 59.7 Å². The number of carbonyl (C=O) groups excluding carboxylic acids is 1. The number of rotatable bonds is 8. The van der Waals surface area contributed by atoms with Gasteiger partial charge < -0.3 is 10.4 Å². The molecule has 1 amide bonds. The quantitative estimate of drug-likeness (QED) is 0.613. The Balaban J connectivity index is 1.69. The second-order valence-corrected chi connectivity index (χ2v) is 6.93. The summed E-state index contributed by atoms with van der Waals surface area (Å²) in [5.41, 5.74) is 2.25. The van der Waals surface area contributed by atoms with E-state index in [0.717, 1.165) is 11.1 Å². The van der Waals surface area contributed by atoms with Crippen molar-refractivity contribution in [2.75, 3.05) is 0 Å². The van der Waals surface area contributed by atoms with Crippen LogP contribution in [0.25, 0.3) is 10.9 Å². The lowest BCUT2D eigenvalue weighted by molar-refractivity contribution is -0.137. The summed E-state index contributed by atoms with van der Waals surface area (Å²) in [4.78, 5) is 40.4. The van der Waals surface area contributed by atoms with Crippen LogP contribution in [0.4, 0.5) is 0 Å². The van der Waals surface area contributed by atoms with Gasteiger partial charge in [0.05, 0.1) is 23.3 Å². The van der Waals surface area contributed by atoms with E-state index >= 15 is 0 Å². The van der Waals surface area contributed by atoms with Gasteiger partial charge in [0.1, 0.15) is 0 Å². The maximum absolute atomic E-state index is 12.6. The summed E-state index contributed by atoms with van der Waals surface area (Å²) >= 11 is 0. The van der Waals surface area contributed by atoms with Crippen molar-refractivity contribution in [2.45, 2.75) is 38.8 Å². The lowest BCUT2D eigenvalue weighted by Crippen LogP contribution is -2.31. The fourth-order valence-electron chi connectivity index (χ4n) is 3.26. The van der Waals surface area contributed by atoms with E-state index in [1.54, 1.807) is 6.07 Å². The number of hydrogen-bond donors (Lipinski definition) is 2. The first-order valence-corrected chi connectivity index (χ1v) is 9.46. The molecule has 0 aliphatic carbocycles. The minimum Gasteiger partial charge on any atom is -0.481 e. The topological polar surface area (TPSA) is 101 Å². The summed E-state index contributed by atoms with van der Waals surface area (Å²) in [6, 6.07) is 14.3. The second kappa shape index (κ2) is 9.14. The SMILES string of the molecule is Cc1cccc2c(=O)n(CCC(=O)NC(CCC(=O)O)c3ccccc3)cnc12. The van der Waals surface area contributed by atoms with E-state index < -0.39 is 12.0 Å². The molecule has 0 aliphatic heterocycles. The van der Waals surface area contributed by atoms with E-state index in [1.165, 1.54) is 10.9 Å². The number of nitrogens with one attached hydrogen (secondary N) is 1. The number of aromatic nitrogens is 2. The highest BCUT2D eigenvalue weighted by Gasteiger charge is 2.16. The Morgan fingerprint density at radius 1 is 1.10 bits per heavy atom. The summed E-state index contributed by atoms with van der Waals surface area (Å²) < 4.78 is 1.43. The molecule has 0 saturated carbocycles. The lowest BCUT2D eigenvalue weighted by Gasteiger charge is -2.19. The van der Waals surface area contributed by atoms with Gasteiger partial charge in [-0.1, -0.05) is 42.5 Å². The number of carboxylic acids is 1. The number of nitrogens with zero attached hydrogens (tertiary/aromatic N) is 2. The third-order valence-corrected chi connectivity index (χ3v) is 4.82. The van der Waals surface area contributed by atoms with E-state index in [-0.39, 0.29) is 30.9 Å². The van der Waals surface area contributed by atoms with Crippen LogP contribution in [-0.2, 0) is 16.1 Å². The molecule has 0 saturated heterocycles. The Morgan fingerprint density at radius 2 is 1.86 bits per heavy atom. The summed E-state index contributed by atoms with van der Waals surface area (Å²) in [7, 11) is 0. The van der Waals surface area contributed by atoms with Crippen molar-refractivity contribution in [3.8, 4) is 0 Å². The van der Waals surface area contributed by atoms with Crippen LogP contribution in [0.1, 0.15) is 36.4 Å². The number of benzene rings is 2. The zero-order valence-electron chi connectivity index (χ0n) is 16.2. The zero-order valence-corrected chi connectivity index (χ0v) is 16.2. The first-order valence-electron chi connectivity index (χ1n) is 9.46. The molecule has 1 atom stereocenters. The maximum atomic E-state index is 12.6. The number of carbonyl (C=O) groups is 2. The van der Waals surface area contributed by atoms with E-state index in [0.29, 0.717) is 17.3 Å². The number of para-hydroxylation sites is 1. The van der Waals surface area contributed by atoms with Crippen LogP contribution >= 0.6 is 0 Å². The Labute approximate surface area is 168 Å². The van der Waals surface area contributed by atoms with Crippen molar-refractivity contribution in [3.63, 3.8) is 0 Å². The van der Waals surface area contributed by atoms with Crippen LogP contribution in [0.3, 0.4) is 0 Å². The summed E-state index contributed by atoms with van der Waals surface area (Å²) in [6.45, 7) is 2.09. The average Bonchev–Trinajstić information content (AvgIpc) is 2.71. The first-order chi connectivity index (χ1) is 14.0. The summed E-state index contributed by atoms with van der Waals surface area (Å²) in [5, 5.41) is 12.4. The van der Waals surface area contributed by atoms with Crippen LogP contribution in [0, 0.1) is 6.92 Å². The Kier molecular flexibility index (Phi) is 6.39. The molecule has 2 N–H and O–H groups in total. The number of aliphatic carboxylic acids is 1. The Hall–Kier alpha value is -3.48. The van der Waals surface area contributed by atoms with Gasteiger partial charge in [0.15, 0.2) is 0 Å². The zero-order chi connectivity index (χ0) is 20.8. The van der Waals surface area contributed by atoms with Gasteiger partial charge in [-0.15, -0.1) is 0 Å². The van der Waals surface area contributed by atoms with E-state index in [2.05, 4.69) is 10.3 Å². The normalized spacial score (nSPS) is 11.9. The third kappa shape index (κ3) is 5.07. The molecule has 150 valence electrons. The van der Waals surface area contributed by atoms with Crippen molar-refractivity contribution in [1.29, 1.82) is 0 Å². The highest BCUT2D eigenvalue weighted by Crippen LogP contribution is 2.18. The van der Waals surface area contributed by atoms with Crippen molar-refractivity contribution in [2.24, 2.45) is 0 Å². The third-order valence-electron chi connectivity index (χ3n) is 4.82. The largest absolute Gasteiger partial charge is 0.481 e. The molecule has 2 aromatic carbocycles. The monoisotopic (exact) mass is 393 g/mol. The molecular formula is C22H23N3O4. The summed E-state index contributed by atoms with van der Waals surface area (Å²) in [5.74, 6) is -1.16. The number of aryl methyl sites for hydroxylation is 2. The standard InChI is InChI=1S/C22H23N3O4/c1-15-6-5-9-17-21(15)23-14-25(22(17)29)13-12-19(26)24-18(10-11-20(27)28)16-7-3-2-4-8-16/h2-9,14,18H,10-13H2,1H3,(H,24,26)(H,27,28). The van der Waals surface area contributed by atoms with Gasteiger partial charge in [-0.3, -0.25) is 19.0 Å². The molecule has 0 spiro atoms. The van der Waals surface area contributed by atoms with Crippen molar-refractivity contribution >= 4 is 22.8 Å². The van der Waals surface area contributed by atoms with Gasteiger partial charge in [0, 0.05) is 19.4 Å². The molecule has 3 aromatic rings. The molecule has 0 fully saturated rings. The molecule has 0 bridgehead atoms. The number of fused-ring (bicyclic) bond motifs is 1. The molecule has 7 heteroatoms. The van der Waals surface area contributed by atoms with Crippen LogP contribution in [0.2, 0.25) is 0 Å². The Bertz CT molecular complexity index is 1080. The van der Waals surface area contributed by atoms with Crippen molar-refractivity contribution in [1.82, 2.24) is 14.9 Å². The van der Waals surface area contributed by atoms with Crippen LogP contribution < -0.4 is 10.9 Å². The molecule has 1 heterocycles. The predicted molar refractivity (Wildman–Crippen MR) is 110 cm³/mol. The molecule has 3 rings (SSSR count). The molecule has 1 aromatic heterocycles. The van der Waals surface area contributed by atoms with Gasteiger partial charge in [0.25, 0.3) is 5.56 Å². The minimum atomic E-state index is -0.913. The second-order valence-electron chi connectivity index (χ2n) is 6.93. The number of hydrogen-bond acceptors (Lipinski definition) is 4. The van der Waals surface area contributed by atoms with Gasteiger partial charge in [-0.2, -0.15) is 0 Å². The highest BCUT2D eigenvalue weighted by atomic mass is 16.4. The number of carboxylic acid groups (broad SMARTS) is 1. The molecule has 7 nitrogen and oxygen atoms in total. The molecule has 1 unspecified atom stereocenters. The fraction of sp³-hybridized carbons (Fsp3) is 0.273. The highest BCUT2D eigenvalue weighted by molar-refractivity contribution is 5.80. The fourth-order valence-corrected chi connectivity index (χ4v) is 3.26. The number of amides is 1. The van der Waals surface area contributed by atoms with E-state index in [4.69, 9.17) is 5.11 Å². The lowest BCUT2D eigenvalue weighted by atomic mass is 10.0. The average molecular weight is 393 g/mol. The smallest absolute Gasteiger partial charge is 0.303 e. The molecule has 29 heavy (non-hydrogen) atoms. The Morgan fingerprint density at radius 3 is 2.59 bits per heavy atom. The van der Waals surface area contributed by atoms with Gasteiger partial charge in [-0.25, -0.2) is 4.98 Å². The molecule has 0 aliphatic rings. The van der Waals surface area contributed by atoms with Gasteiger partial charge in [-0.05, 0) is 30.5 Å².